The number of hydrogen-bond donors (Lipinski definition) is 6. The molecule has 109 heavy (non-hydrogen) atoms. The van der Waals surface area contributed by atoms with E-state index < -0.39 is 6.10 Å². The highest BCUT2D eigenvalue weighted by molar-refractivity contribution is 5.81. The van der Waals surface area contributed by atoms with Crippen LogP contribution in [-0.4, -0.2) is 83.9 Å². The van der Waals surface area contributed by atoms with Gasteiger partial charge in [-0.25, -0.2) is 39.9 Å². The average molecular weight is 1450 g/mol. The smallest absolute Gasteiger partial charge is 0.279 e. The Morgan fingerprint density at radius 1 is 0.413 bits per heavy atom. The monoisotopic (exact) mass is 1450 g/mol. The lowest BCUT2D eigenvalue weighted by molar-refractivity contribution is 0.183. The first kappa shape index (κ1) is 74.0. The van der Waals surface area contributed by atoms with Gasteiger partial charge in [0.05, 0.1) is 64.7 Å². The van der Waals surface area contributed by atoms with E-state index in [1.54, 1.807) is 0 Å². The first-order valence-corrected chi connectivity index (χ1v) is 36.0. The molecule has 1 unspecified atom stereocenters. The fourth-order valence-corrected chi connectivity index (χ4v) is 13.4. The van der Waals surface area contributed by atoms with E-state index in [0.717, 1.165) is 111 Å². The van der Waals surface area contributed by atoms with E-state index in [-0.39, 0.29) is 33.1 Å². The highest BCUT2D eigenvalue weighted by Crippen LogP contribution is 2.41. The number of rotatable bonds is 16. The van der Waals surface area contributed by atoms with Gasteiger partial charge in [-0.05, 0) is 190 Å². The summed E-state index contributed by atoms with van der Waals surface area (Å²) in [5, 5.41) is 12.0. The number of aryl methyl sites for hydroxylation is 9. The standard InChI is InChI=1S/C23H24N4O.C22H22N4O2.C21H21N5O.C20H18N4O2/c1-14-8-5-6-9-18(14)10-7-11-27-20-13-16(3)15(2)12-19(20)26-21-22(27)24-17(4)25-23(21)28;1-13-9-18-19(10-14(13)2)26(12-17(27)11-16-7-5-4-6-8-16)21-20(25-18)22(28)24-15(3)23-21;1-13-11-17-18(12-16(13)22)26(10-6-9-15-7-4-3-5-8-15)20-19(25-17)21(27)24-14(2)23-20;1-13-8-9-17-16(12-13)23-18-19(21-14(2)22-20(18)25)24(17)10-11-26-15-6-4-3-5-7-15/h5-6,8-9,12-13H,4,7,10-11H2,1-3H3,(H,25,28);4-10,17,27H,3,11-12H2,1-2H3,(H,24,28);3-5,7-8,11-12H,2,6,9-10,22H2,1H3,(H,24,27);3-9,12H,2,10-11H2,1H3,(H,22,25). The second kappa shape index (κ2) is 32.2. The van der Waals surface area contributed by atoms with Crippen molar-refractivity contribution in [1.82, 2.24) is 39.9 Å². The summed E-state index contributed by atoms with van der Waals surface area (Å²) in [5.41, 5.74) is 25.1. The second-order valence-electron chi connectivity index (χ2n) is 27.4. The minimum absolute atomic E-state index is 0.245. The van der Waals surface area contributed by atoms with E-state index in [0.29, 0.717) is 99.8 Å². The molecule has 4 aliphatic heterocycles. The van der Waals surface area contributed by atoms with Crippen molar-refractivity contribution < 1.29 is 9.84 Å². The van der Waals surface area contributed by atoms with Crippen LogP contribution in [0.2, 0.25) is 0 Å². The lowest BCUT2D eigenvalue weighted by atomic mass is 10.0. The van der Waals surface area contributed by atoms with Crippen LogP contribution in [0, 0.1) is 48.5 Å². The van der Waals surface area contributed by atoms with Crippen molar-refractivity contribution >= 4 is 101 Å². The maximum Gasteiger partial charge on any atom is 0.279 e. The van der Waals surface area contributed by atoms with Crippen LogP contribution in [0.3, 0.4) is 0 Å². The average Bonchev–Trinajstić information content (AvgIpc) is 0.771. The van der Waals surface area contributed by atoms with Crippen LogP contribution in [0.25, 0.3) is 26.3 Å². The third-order valence-corrected chi connectivity index (χ3v) is 19.3. The Bertz CT molecular complexity index is 6230. The molecule has 1 atom stereocenters. The topological polar surface area (TPSA) is 301 Å². The minimum atomic E-state index is -0.642. The number of nitrogens with zero attached hydrogens (tertiary/aromatic N) is 12. The number of aromatic amines is 4. The molecule has 8 heterocycles. The van der Waals surface area contributed by atoms with Gasteiger partial charge < -0.3 is 55.1 Å². The number of aliphatic hydroxyl groups excluding tert-OH is 1. The Balaban J connectivity index is 0.000000128. The second-order valence-corrected chi connectivity index (χ2v) is 27.4. The molecular weight excluding hydrogens is 1370 g/mol. The molecule has 23 nitrogen and oxygen atoms in total. The van der Waals surface area contributed by atoms with Gasteiger partial charge in [-0.15, -0.1) is 0 Å². The van der Waals surface area contributed by atoms with E-state index in [1.165, 1.54) is 22.3 Å². The highest BCUT2D eigenvalue weighted by atomic mass is 16.5. The SMILES string of the molecule is C=c1nc2c(c(=O)[nH]1)=Nc1cc(C)c(C)cc1N2CC(O)Cc1ccccc1.C=c1nc2c(c(=O)[nH]1)=Nc1cc(C)c(C)cc1N2CCCc1ccccc1C.C=c1nc2c(c(=O)[nH]1)=Nc1cc(C)c(N)cc1N2CCCc1ccccc1.C=c1nc2c(c(=O)[nH]1)=Nc1cc(C)ccc1N2CCOc1ccccc1. The zero-order chi connectivity index (χ0) is 76.7. The normalized spacial score (nSPS) is 12.6. The van der Waals surface area contributed by atoms with Gasteiger partial charge in [-0.2, -0.15) is 0 Å². The third kappa shape index (κ3) is 16.7. The summed E-state index contributed by atoms with van der Waals surface area (Å²) in [4.78, 5) is 104. The Hall–Kier alpha value is -13.3. The van der Waals surface area contributed by atoms with Crippen molar-refractivity contribution in [1.29, 1.82) is 0 Å². The van der Waals surface area contributed by atoms with Crippen molar-refractivity contribution in [2.24, 2.45) is 20.0 Å². The molecule has 16 rings (SSSR count). The van der Waals surface area contributed by atoms with Crippen molar-refractivity contribution in [3.63, 3.8) is 0 Å². The number of anilines is 9. The van der Waals surface area contributed by atoms with Crippen LogP contribution in [0.1, 0.15) is 68.5 Å². The lowest BCUT2D eigenvalue weighted by Crippen LogP contribution is -2.44. The molecule has 0 bridgehead atoms. The quantitative estimate of drug-likeness (QED) is 0.0492. The van der Waals surface area contributed by atoms with Gasteiger partial charge in [-0.1, -0.05) is 136 Å². The van der Waals surface area contributed by atoms with Crippen molar-refractivity contribution in [2.45, 2.75) is 86.7 Å². The third-order valence-electron chi connectivity index (χ3n) is 19.3. The predicted molar refractivity (Wildman–Crippen MR) is 432 cm³/mol. The number of hydrogen-bond acceptors (Lipinski definition) is 19. The molecule has 23 heteroatoms. The summed E-state index contributed by atoms with van der Waals surface area (Å²) in [6.07, 6.45) is 3.61. The van der Waals surface area contributed by atoms with Gasteiger partial charge in [0.25, 0.3) is 22.2 Å². The van der Waals surface area contributed by atoms with E-state index in [9.17, 15) is 24.3 Å². The van der Waals surface area contributed by atoms with Crippen LogP contribution >= 0.6 is 0 Å². The Labute approximate surface area is 628 Å². The van der Waals surface area contributed by atoms with E-state index in [2.05, 4.69) is 154 Å². The van der Waals surface area contributed by atoms with E-state index >= 15 is 0 Å². The lowest BCUT2D eigenvalue weighted by Gasteiger charge is -2.30. The number of benzene rings is 8. The van der Waals surface area contributed by atoms with Crippen LogP contribution in [0.5, 0.6) is 5.75 Å². The summed E-state index contributed by atoms with van der Waals surface area (Å²) in [7, 11) is 0. The van der Waals surface area contributed by atoms with Crippen LogP contribution < -0.4 is 95.7 Å². The number of aliphatic hydroxyl groups is 1. The van der Waals surface area contributed by atoms with Gasteiger partial charge in [0.1, 0.15) is 34.3 Å². The Kier molecular flexibility index (Phi) is 21.9. The molecule has 4 aromatic heterocycles. The number of β-amino-alcohol motifs (C(OH)–C–C–N with tert-alkyl or cyclic N) is 1. The van der Waals surface area contributed by atoms with Gasteiger partial charge in [-0.3, -0.25) is 19.2 Å². The Morgan fingerprint density at radius 3 is 1.30 bits per heavy atom. The molecule has 0 saturated heterocycles. The van der Waals surface area contributed by atoms with E-state index in [1.807, 2.05) is 170 Å². The molecule has 550 valence electrons. The number of nitrogen functional groups attached to an aromatic ring is 1. The van der Waals surface area contributed by atoms with Crippen molar-refractivity contribution in [3.8, 4) is 5.75 Å². The molecule has 0 aliphatic carbocycles. The molecule has 0 saturated carbocycles. The summed E-state index contributed by atoms with van der Waals surface area (Å²) >= 11 is 0. The molecule has 0 spiro atoms. The molecular formula is C86H85N17O6. The zero-order valence-electron chi connectivity index (χ0n) is 62.1. The number of fused-ring (bicyclic) bond motifs is 8. The fourth-order valence-electron chi connectivity index (χ4n) is 13.4. The number of para-hydroxylation sites is 1. The van der Waals surface area contributed by atoms with Crippen LogP contribution in [-0.2, 0) is 19.3 Å². The van der Waals surface area contributed by atoms with E-state index in [4.69, 9.17) is 10.5 Å². The molecule has 4 aliphatic rings. The fraction of sp³-hybridized carbons (Fsp3) is 0.209. The zero-order valence-corrected chi connectivity index (χ0v) is 62.1. The number of aromatic nitrogens is 8. The number of nitrogens with one attached hydrogen (secondary N) is 4. The van der Waals surface area contributed by atoms with Gasteiger partial charge in [0, 0.05) is 25.2 Å². The first-order chi connectivity index (χ1) is 52.5. The number of ether oxygens (including phenoxy) is 1. The minimum Gasteiger partial charge on any atom is -0.492 e. The maximum absolute atomic E-state index is 12.5. The molecule has 7 N–H and O–H groups in total. The first-order valence-electron chi connectivity index (χ1n) is 36.0. The number of nitrogens with two attached hydrogens (primary N) is 1. The summed E-state index contributed by atoms with van der Waals surface area (Å²) < 4.78 is 5.82. The van der Waals surface area contributed by atoms with Crippen molar-refractivity contribution in [3.05, 3.63) is 310 Å². The van der Waals surface area contributed by atoms with Crippen LogP contribution in [0.15, 0.2) is 209 Å². The molecule has 8 aromatic carbocycles. The molecule has 0 fully saturated rings. The summed E-state index contributed by atoms with van der Waals surface area (Å²) in [6, 6.07) is 56.2. The van der Waals surface area contributed by atoms with Crippen LogP contribution in [0.4, 0.5) is 74.5 Å². The van der Waals surface area contributed by atoms with Gasteiger partial charge >= 0.3 is 0 Å². The predicted octanol–water partition coefficient (Wildman–Crippen LogP) is 9.02. The summed E-state index contributed by atoms with van der Waals surface area (Å²) in [5.74, 6) is 2.86. The molecule has 12 aromatic rings. The van der Waals surface area contributed by atoms with Gasteiger partial charge in [0.2, 0.25) is 0 Å². The highest BCUT2D eigenvalue weighted by Gasteiger charge is 2.29. The largest absolute Gasteiger partial charge is 0.492 e. The maximum atomic E-state index is 12.5. The number of H-pyrrole nitrogens is 4. The van der Waals surface area contributed by atoms with Gasteiger partial charge in [0.15, 0.2) is 44.7 Å². The molecule has 0 radical (unpaired) electrons. The summed E-state index contributed by atoms with van der Waals surface area (Å²) in [6.45, 7) is 32.1. The molecule has 0 amide bonds. The van der Waals surface area contributed by atoms with Crippen molar-refractivity contribution in [2.75, 3.05) is 58.1 Å². The Morgan fingerprint density at radius 2 is 0.807 bits per heavy atom.